The summed E-state index contributed by atoms with van der Waals surface area (Å²) in [5.74, 6) is 0.310. The normalized spacial score (nSPS) is 11.3. The summed E-state index contributed by atoms with van der Waals surface area (Å²) in [4.78, 5) is 4.39. The maximum absolute atomic E-state index is 13.4. The van der Waals surface area contributed by atoms with Gasteiger partial charge in [-0.3, -0.25) is 5.10 Å². The molecule has 8 heteroatoms. The highest BCUT2D eigenvalue weighted by atomic mass is 19.1. The number of fused-ring (bicyclic) bond motifs is 1. The van der Waals surface area contributed by atoms with Gasteiger partial charge in [0.25, 0.3) is 5.89 Å². The lowest BCUT2D eigenvalue weighted by Gasteiger charge is -1.99. The third-order valence-electron chi connectivity index (χ3n) is 3.99. The van der Waals surface area contributed by atoms with Crippen molar-refractivity contribution in [2.45, 2.75) is 0 Å². The van der Waals surface area contributed by atoms with Crippen LogP contribution in [0.25, 0.3) is 39.7 Å². The highest BCUT2D eigenvalue weighted by molar-refractivity contribution is 5.91. The molecule has 0 aliphatic rings. The van der Waals surface area contributed by atoms with Crippen LogP contribution in [-0.4, -0.2) is 30.1 Å². The van der Waals surface area contributed by atoms with E-state index in [1.165, 1.54) is 12.1 Å². The van der Waals surface area contributed by atoms with Crippen molar-refractivity contribution in [2.75, 3.05) is 0 Å². The van der Waals surface area contributed by atoms with Gasteiger partial charge in [0.05, 0.1) is 11.2 Å². The van der Waals surface area contributed by atoms with Crippen molar-refractivity contribution in [1.82, 2.24) is 30.1 Å². The quantitative estimate of drug-likeness (QED) is 0.539. The molecule has 7 nitrogen and oxygen atoms in total. The Morgan fingerprint density at radius 3 is 2.88 bits per heavy atom. The van der Waals surface area contributed by atoms with Crippen LogP contribution in [0.4, 0.5) is 4.39 Å². The Balaban J connectivity index is 1.51. The molecule has 0 unspecified atom stereocenters. The van der Waals surface area contributed by atoms with Crippen LogP contribution in [0.15, 0.2) is 65.3 Å². The lowest BCUT2D eigenvalue weighted by atomic mass is 10.2. The van der Waals surface area contributed by atoms with Gasteiger partial charge in [0.1, 0.15) is 11.5 Å². The summed E-state index contributed by atoms with van der Waals surface area (Å²) < 4.78 is 20.3. The smallest absolute Gasteiger partial charge is 0.278 e. The lowest BCUT2D eigenvalue weighted by molar-refractivity contribution is 0.430. The van der Waals surface area contributed by atoms with E-state index >= 15 is 0 Å². The van der Waals surface area contributed by atoms with E-state index in [1.54, 1.807) is 29.1 Å². The van der Waals surface area contributed by atoms with Crippen molar-refractivity contribution in [3.8, 4) is 28.8 Å². The maximum atomic E-state index is 13.4. The number of nitrogens with one attached hydrogen (secondary N) is 1. The van der Waals surface area contributed by atoms with Crippen molar-refractivity contribution >= 4 is 10.9 Å². The van der Waals surface area contributed by atoms with Gasteiger partial charge in [-0.05, 0) is 30.3 Å². The molecule has 0 fully saturated rings. The zero-order valence-electron chi connectivity index (χ0n) is 13.3. The van der Waals surface area contributed by atoms with Crippen LogP contribution >= 0.6 is 0 Å². The fraction of sp³-hybridized carbons (Fsp3) is 0. The molecule has 3 aromatic heterocycles. The second-order valence-corrected chi connectivity index (χ2v) is 5.67. The third kappa shape index (κ3) is 2.35. The summed E-state index contributed by atoms with van der Waals surface area (Å²) in [6.07, 6.45) is 1.71. The average molecular weight is 346 g/mol. The number of aromatic nitrogens is 6. The Bertz CT molecular complexity index is 1220. The largest absolute Gasteiger partial charge is 0.332 e. The van der Waals surface area contributed by atoms with E-state index in [-0.39, 0.29) is 11.7 Å². The monoisotopic (exact) mass is 346 g/mol. The van der Waals surface area contributed by atoms with E-state index in [0.29, 0.717) is 22.9 Å². The van der Waals surface area contributed by atoms with Crippen LogP contribution in [0, 0.1) is 5.82 Å². The highest BCUT2D eigenvalue weighted by Gasteiger charge is 2.17. The molecule has 0 aliphatic carbocycles. The van der Waals surface area contributed by atoms with Gasteiger partial charge in [-0.15, -0.1) is 0 Å². The molecule has 5 aromatic rings. The van der Waals surface area contributed by atoms with Gasteiger partial charge in [0, 0.05) is 11.6 Å². The van der Waals surface area contributed by atoms with Gasteiger partial charge in [0.15, 0.2) is 5.69 Å². The van der Waals surface area contributed by atoms with Crippen LogP contribution in [0.1, 0.15) is 0 Å². The van der Waals surface area contributed by atoms with E-state index in [0.717, 1.165) is 10.9 Å². The number of aromatic amines is 1. The molecule has 5 rings (SSSR count). The Kier molecular flexibility index (Phi) is 3.14. The highest BCUT2D eigenvalue weighted by Crippen LogP contribution is 2.26. The zero-order chi connectivity index (χ0) is 17.5. The van der Waals surface area contributed by atoms with Crippen LogP contribution in [0.3, 0.4) is 0 Å². The van der Waals surface area contributed by atoms with Gasteiger partial charge in [-0.2, -0.15) is 15.2 Å². The molecule has 1 N–H and O–H groups in total. The SMILES string of the molecule is Fc1cccc(-n2ccc(-c3nc(-c4n[nH]c5ccccc45)no3)n2)c1. The second kappa shape index (κ2) is 5.62. The number of para-hydroxylation sites is 1. The first kappa shape index (κ1) is 14.5. The molecule has 0 bridgehead atoms. The molecule has 3 heterocycles. The van der Waals surface area contributed by atoms with E-state index < -0.39 is 0 Å². The van der Waals surface area contributed by atoms with E-state index in [2.05, 4.69) is 25.4 Å². The van der Waals surface area contributed by atoms with Crippen molar-refractivity contribution in [2.24, 2.45) is 0 Å². The molecule has 0 saturated carbocycles. The molecule has 0 radical (unpaired) electrons. The fourth-order valence-electron chi connectivity index (χ4n) is 2.76. The minimum Gasteiger partial charge on any atom is -0.332 e. The molecule has 0 saturated heterocycles. The van der Waals surface area contributed by atoms with Crippen LogP contribution < -0.4 is 0 Å². The van der Waals surface area contributed by atoms with Crippen LogP contribution in [0.2, 0.25) is 0 Å². The number of nitrogens with zero attached hydrogens (tertiary/aromatic N) is 5. The van der Waals surface area contributed by atoms with Crippen molar-refractivity contribution < 1.29 is 8.91 Å². The molecule has 0 atom stereocenters. The molecule has 0 amide bonds. The van der Waals surface area contributed by atoms with E-state index in [4.69, 9.17) is 4.52 Å². The van der Waals surface area contributed by atoms with Crippen molar-refractivity contribution in [1.29, 1.82) is 0 Å². The number of H-pyrrole nitrogens is 1. The predicted octanol–water partition coefficient (Wildman–Crippen LogP) is 3.60. The van der Waals surface area contributed by atoms with Crippen LogP contribution in [-0.2, 0) is 0 Å². The van der Waals surface area contributed by atoms with Crippen molar-refractivity contribution in [3.05, 3.63) is 66.6 Å². The molecular formula is C18H11FN6O. The summed E-state index contributed by atoms with van der Waals surface area (Å²) in [5, 5.41) is 16.5. The summed E-state index contributed by atoms with van der Waals surface area (Å²) >= 11 is 0. The summed E-state index contributed by atoms with van der Waals surface area (Å²) in [7, 11) is 0. The first-order chi connectivity index (χ1) is 12.8. The second-order valence-electron chi connectivity index (χ2n) is 5.67. The first-order valence-corrected chi connectivity index (χ1v) is 7.87. The molecule has 2 aromatic carbocycles. The van der Waals surface area contributed by atoms with E-state index in [9.17, 15) is 4.39 Å². The van der Waals surface area contributed by atoms with Gasteiger partial charge in [0.2, 0.25) is 5.82 Å². The minimum absolute atomic E-state index is 0.266. The molecule has 26 heavy (non-hydrogen) atoms. The summed E-state index contributed by atoms with van der Waals surface area (Å²) in [6, 6.07) is 15.6. The molecular weight excluding hydrogens is 335 g/mol. The van der Waals surface area contributed by atoms with Gasteiger partial charge >= 0.3 is 0 Å². The summed E-state index contributed by atoms with van der Waals surface area (Å²) in [6.45, 7) is 0. The van der Waals surface area contributed by atoms with Crippen LogP contribution in [0.5, 0.6) is 0 Å². The Morgan fingerprint density at radius 2 is 1.96 bits per heavy atom. The Labute approximate surface area is 146 Å². The number of hydrogen-bond acceptors (Lipinski definition) is 5. The molecule has 126 valence electrons. The minimum atomic E-state index is -0.329. The Morgan fingerprint density at radius 1 is 1.04 bits per heavy atom. The number of benzene rings is 2. The first-order valence-electron chi connectivity index (χ1n) is 7.87. The third-order valence-corrected chi connectivity index (χ3v) is 3.99. The standard InChI is InChI=1S/C18H11FN6O/c19-11-4-3-5-12(10-11)25-9-8-15(23-25)18-20-17(24-26-18)16-13-6-1-2-7-14(13)21-22-16/h1-10H,(H,21,22). The molecule has 0 aliphatic heterocycles. The Hall–Kier alpha value is -3.81. The average Bonchev–Trinajstić information content (AvgIpc) is 3.39. The number of rotatable bonds is 3. The summed E-state index contributed by atoms with van der Waals surface area (Å²) in [5.41, 5.74) is 2.60. The maximum Gasteiger partial charge on any atom is 0.278 e. The lowest BCUT2D eigenvalue weighted by Crippen LogP contribution is -1.95. The topological polar surface area (TPSA) is 85.4 Å². The molecule has 0 spiro atoms. The zero-order valence-corrected chi connectivity index (χ0v) is 13.3. The van der Waals surface area contributed by atoms with Gasteiger partial charge in [-0.1, -0.05) is 29.4 Å². The number of halogens is 1. The van der Waals surface area contributed by atoms with Gasteiger partial charge < -0.3 is 4.52 Å². The number of hydrogen-bond donors (Lipinski definition) is 1. The predicted molar refractivity (Wildman–Crippen MR) is 91.9 cm³/mol. The van der Waals surface area contributed by atoms with Gasteiger partial charge in [-0.25, -0.2) is 9.07 Å². The van der Waals surface area contributed by atoms with Crippen molar-refractivity contribution in [3.63, 3.8) is 0 Å². The van der Waals surface area contributed by atoms with E-state index in [1.807, 2.05) is 24.3 Å². The fourth-order valence-corrected chi connectivity index (χ4v) is 2.76.